The summed E-state index contributed by atoms with van der Waals surface area (Å²) in [5.74, 6) is -0.512. The first kappa shape index (κ1) is 23.1. The van der Waals surface area contributed by atoms with Crippen LogP contribution in [0.3, 0.4) is 0 Å². The second-order valence-electron chi connectivity index (χ2n) is 8.57. The van der Waals surface area contributed by atoms with Crippen LogP contribution in [0.4, 0.5) is 4.39 Å². The Kier molecular flexibility index (Phi) is 6.70. The number of thiophene rings is 1. The van der Waals surface area contributed by atoms with Crippen LogP contribution in [0.25, 0.3) is 0 Å². The van der Waals surface area contributed by atoms with Gasteiger partial charge in [-0.3, -0.25) is 9.59 Å². The maximum absolute atomic E-state index is 14.1. The van der Waals surface area contributed by atoms with Crippen LogP contribution in [0, 0.1) is 5.82 Å². The van der Waals surface area contributed by atoms with Gasteiger partial charge in [0, 0.05) is 27.5 Å². The topological polar surface area (TPSA) is 49.9 Å². The number of benzene rings is 2. The van der Waals surface area contributed by atoms with Gasteiger partial charge in [-0.2, -0.15) is 0 Å². The fourth-order valence-corrected chi connectivity index (χ4v) is 5.71. The Bertz CT molecular complexity index is 1210. The van der Waals surface area contributed by atoms with Crippen molar-refractivity contribution in [1.82, 2.24) is 9.80 Å². The van der Waals surface area contributed by atoms with Gasteiger partial charge >= 0.3 is 0 Å². The molecule has 0 N–H and O–H groups in total. The van der Waals surface area contributed by atoms with Crippen LogP contribution in [0.1, 0.15) is 39.7 Å². The molecular weight excluding hydrogens is 519 g/mol. The first-order valence-corrected chi connectivity index (χ1v) is 13.0. The Morgan fingerprint density at radius 1 is 1.15 bits per heavy atom. The zero-order chi connectivity index (χ0) is 23.7. The van der Waals surface area contributed by atoms with Crippen molar-refractivity contribution >= 4 is 39.1 Å². The molecule has 5 rings (SSSR count). The summed E-state index contributed by atoms with van der Waals surface area (Å²) in [4.78, 5) is 31.5. The second kappa shape index (κ2) is 9.88. The number of hydrogen-bond donors (Lipinski definition) is 0. The van der Waals surface area contributed by atoms with E-state index in [9.17, 15) is 14.0 Å². The molecule has 0 spiro atoms. The highest BCUT2D eigenvalue weighted by Crippen LogP contribution is 2.35. The predicted molar refractivity (Wildman–Crippen MR) is 133 cm³/mol. The summed E-state index contributed by atoms with van der Waals surface area (Å²) >= 11 is 5.08. The molecule has 176 valence electrons. The maximum atomic E-state index is 14.1. The molecule has 34 heavy (non-hydrogen) atoms. The SMILES string of the molecule is O=C(c1cccc(Br)c1)N(CC(=O)N1CCc2sccc2[C@H]1COc1ccccc1F)C1CC1. The summed E-state index contributed by atoms with van der Waals surface area (Å²) in [6, 6.07) is 15.3. The highest BCUT2D eigenvalue weighted by atomic mass is 79.9. The van der Waals surface area contributed by atoms with Crippen molar-refractivity contribution < 1.29 is 18.7 Å². The minimum Gasteiger partial charge on any atom is -0.488 e. The summed E-state index contributed by atoms with van der Waals surface area (Å²) in [6.07, 6.45) is 2.57. The van der Waals surface area contributed by atoms with Crippen LogP contribution in [0.5, 0.6) is 5.75 Å². The molecular formula is C26H24BrFN2O3S. The first-order chi connectivity index (χ1) is 16.5. The van der Waals surface area contributed by atoms with Gasteiger partial charge in [-0.05, 0) is 66.6 Å². The summed E-state index contributed by atoms with van der Waals surface area (Å²) < 4.78 is 20.8. The second-order valence-corrected chi connectivity index (χ2v) is 10.5. The van der Waals surface area contributed by atoms with E-state index in [1.807, 2.05) is 23.6 Å². The number of amides is 2. The van der Waals surface area contributed by atoms with E-state index in [-0.39, 0.29) is 42.8 Å². The van der Waals surface area contributed by atoms with Gasteiger partial charge in [-0.15, -0.1) is 11.3 Å². The van der Waals surface area contributed by atoms with Gasteiger partial charge in [0.05, 0.1) is 6.04 Å². The van der Waals surface area contributed by atoms with Gasteiger partial charge in [0.25, 0.3) is 5.91 Å². The average Bonchev–Trinajstić information content (AvgIpc) is 3.57. The van der Waals surface area contributed by atoms with E-state index in [2.05, 4.69) is 15.9 Å². The summed E-state index contributed by atoms with van der Waals surface area (Å²) in [5, 5.41) is 2.02. The van der Waals surface area contributed by atoms with Gasteiger partial charge in [0.1, 0.15) is 13.2 Å². The van der Waals surface area contributed by atoms with Crippen molar-refractivity contribution in [3.05, 3.63) is 86.3 Å². The molecule has 0 radical (unpaired) electrons. The third-order valence-corrected chi connectivity index (χ3v) is 7.76. The van der Waals surface area contributed by atoms with Gasteiger partial charge in [-0.25, -0.2) is 4.39 Å². The molecule has 8 heteroatoms. The van der Waals surface area contributed by atoms with Crippen LogP contribution in [-0.4, -0.2) is 47.4 Å². The zero-order valence-electron chi connectivity index (χ0n) is 18.5. The van der Waals surface area contributed by atoms with Crippen LogP contribution in [-0.2, 0) is 11.2 Å². The summed E-state index contributed by atoms with van der Waals surface area (Å²) in [7, 11) is 0. The highest BCUT2D eigenvalue weighted by molar-refractivity contribution is 9.10. The Balaban J connectivity index is 1.35. The number of hydrogen-bond acceptors (Lipinski definition) is 4. The molecule has 2 aromatic carbocycles. The zero-order valence-corrected chi connectivity index (χ0v) is 20.9. The molecule has 2 heterocycles. The molecule has 0 bridgehead atoms. The van der Waals surface area contributed by atoms with Crippen molar-refractivity contribution in [1.29, 1.82) is 0 Å². The fourth-order valence-electron chi connectivity index (χ4n) is 4.38. The molecule has 3 aromatic rings. The van der Waals surface area contributed by atoms with Crippen molar-refractivity contribution in [3.8, 4) is 5.75 Å². The largest absolute Gasteiger partial charge is 0.488 e. The van der Waals surface area contributed by atoms with E-state index in [1.165, 1.54) is 10.9 Å². The molecule has 1 aliphatic carbocycles. The fraction of sp³-hybridized carbons (Fsp3) is 0.308. The Morgan fingerprint density at radius 2 is 1.97 bits per heavy atom. The molecule has 5 nitrogen and oxygen atoms in total. The van der Waals surface area contributed by atoms with Crippen LogP contribution >= 0.6 is 27.3 Å². The van der Waals surface area contributed by atoms with Crippen molar-refractivity contribution in [3.63, 3.8) is 0 Å². The van der Waals surface area contributed by atoms with Crippen molar-refractivity contribution in [2.75, 3.05) is 19.7 Å². The van der Waals surface area contributed by atoms with E-state index in [1.54, 1.807) is 51.5 Å². The lowest BCUT2D eigenvalue weighted by Crippen LogP contribution is -2.48. The first-order valence-electron chi connectivity index (χ1n) is 11.3. The lowest BCUT2D eigenvalue weighted by molar-refractivity contribution is -0.135. The lowest BCUT2D eigenvalue weighted by Gasteiger charge is -2.37. The number of carbonyl (C=O) groups excluding carboxylic acids is 2. The monoisotopic (exact) mass is 542 g/mol. The number of carbonyl (C=O) groups is 2. The van der Waals surface area contributed by atoms with Crippen molar-refractivity contribution in [2.45, 2.75) is 31.3 Å². The number of halogens is 2. The van der Waals surface area contributed by atoms with Gasteiger partial charge in [0.2, 0.25) is 5.91 Å². The number of rotatable bonds is 7. The van der Waals surface area contributed by atoms with E-state index >= 15 is 0 Å². The molecule has 1 aliphatic heterocycles. The molecule has 1 fully saturated rings. The standard InChI is InChI=1S/C26H24BrFN2O3S/c27-18-5-3-4-17(14-18)26(32)30(19-8-9-19)15-25(31)29-12-10-24-20(11-13-34-24)22(29)16-33-23-7-2-1-6-21(23)28/h1-7,11,13-14,19,22H,8-10,12,15-16H2/t22-/m1/s1. The molecule has 2 aliphatic rings. The van der Waals surface area contributed by atoms with E-state index < -0.39 is 5.82 Å². The molecule has 1 atom stereocenters. The Labute approximate surface area is 210 Å². The van der Waals surface area contributed by atoms with Crippen LogP contribution in [0.2, 0.25) is 0 Å². The average molecular weight is 543 g/mol. The third-order valence-electron chi connectivity index (χ3n) is 6.27. The maximum Gasteiger partial charge on any atom is 0.254 e. The third kappa shape index (κ3) is 4.88. The summed E-state index contributed by atoms with van der Waals surface area (Å²) in [5.41, 5.74) is 1.60. The normalized spacial score (nSPS) is 17.2. The lowest BCUT2D eigenvalue weighted by atomic mass is 10.0. The van der Waals surface area contributed by atoms with Crippen LogP contribution < -0.4 is 4.74 Å². The molecule has 2 amide bonds. The predicted octanol–water partition coefficient (Wildman–Crippen LogP) is 5.46. The van der Waals surface area contributed by atoms with Gasteiger partial charge in [0.15, 0.2) is 11.6 Å². The number of nitrogens with zero attached hydrogens (tertiary/aromatic N) is 2. The number of fused-ring (bicyclic) bond motifs is 1. The highest BCUT2D eigenvalue weighted by Gasteiger charge is 2.38. The molecule has 0 saturated heterocycles. The quantitative estimate of drug-likeness (QED) is 0.398. The number of ether oxygens (including phenoxy) is 1. The number of para-hydroxylation sites is 1. The smallest absolute Gasteiger partial charge is 0.254 e. The minimum atomic E-state index is -0.429. The molecule has 1 saturated carbocycles. The van der Waals surface area contributed by atoms with Gasteiger partial charge in [-0.1, -0.05) is 34.1 Å². The van der Waals surface area contributed by atoms with Crippen molar-refractivity contribution in [2.24, 2.45) is 0 Å². The Morgan fingerprint density at radius 3 is 2.74 bits per heavy atom. The van der Waals surface area contributed by atoms with Crippen LogP contribution in [0.15, 0.2) is 64.5 Å². The molecule has 1 aromatic heterocycles. The van der Waals surface area contributed by atoms with Gasteiger partial charge < -0.3 is 14.5 Å². The van der Waals surface area contributed by atoms with E-state index in [4.69, 9.17) is 4.74 Å². The minimum absolute atomic E-state index is 0.0195. The molecule has 0 unspecified atom stereocenters. The van der Waals surface area contributed by atoms with E-state index in [0.717, 1.165) is 29.3 Å². The Hall–Kier alpha value is -2.71. The summed E-state index contributed by atoms with van der Waals surface area (Å²) in [6.45, 7) is 0.715. The van der Waals surface area contributed by atoms with E-state index in [0.29, 0.717) is 12.1 Å².